The van der Waals surface area contributed by atoms with Crippen LogP contribution in [-0.2, 0) is 0 Å². The molecule has 0 fully saturated rings. The van der Waals surface area contributed by atoms with E-state index in [1.54, 1.807) is 13.8 Å². The van der Waals surface area contributed by atoms with E-state index in [1.807, 2.05) is 0 Å². The third-order valence-electron chi connectivity index (χ3n) is 1.92. The summed E-state index contributed by atoms with van der Waals surface area (Å²) >= 11 is 0. The van der Waals surface area contributed by atoms with Crippen LogP contribution in [0.3, 0.4) is 0 Å². The highest BCUT2D eigenvalue weighted by atomic mass is 19.1. The first-order valence-electron chi connectivity index (χ1n) is 3.35. The lowest BCUT2D eigenvalue weighted by Crippen LogP contribution is -2.09. The summed E-state index contributed by atoms with van der Waals surface area (Å²) < 4.78 is 25.1. The zero-order chi connectivity index (χ0) is 7.72. The fourth-order valence-electron chi connectivity index (χ4n) is 0.958. The van der Waals surface area contributed by atoms with Gasteiger partial charge in [0.15, 0.2) is 0 Å². The van der Waals surface area contributed by atoms with Crippen LogP contribution in [-0.4, -0.2) is 0 Å². The summed E-state index contributed by atoms with van der Waals surface area (Å²) in [6.45, 7) is 3.55. The molecule has 2 unspecified atom stereocenters. The molecule has 0 heterocycles. The first kappa shape index (κ1) is 7.45. The molecule has 1 aliphatic rings. The lowest BCUT2D eigenvalue weighted by Gasteiger charge is -2.17. The van der Waals surface area contributed by atoms with Crippen LogP contribution in [0.25, 0.3) is 0 Å². The van der Waals surface area contributed by atoms with Gasteiger partial charge >= 0.3 is 0 Å². The molecule has 1 aliphatic carbocycles. The summed E-state index contributed by atoms with van der Waals surface area (Å²) in [4.78, 5) is 0. The van der Waals surface area contributed by atoms with Gasteiger partial charge in [0.2, 0.25) is 0 Å². The highest BCUT2D eigenvalue weighted by Crippen LogP contribution is 2.29. The predicted molar refractivity (Wildman–Crippen MR) is 36.7 cm³/mol. The Balaban J connectivity index is 2.85. The maximum atomic E-state index is 12.7. The van der Waals surface area contributed by atoms with E-state index in [-0.39, 0.29) is 17.7 Å². The topological polar surface area (TPSA) is 0 Å². The number of hydrogen-bond donors (Lipinski definition) is 0. The Labute approximate surface area is 59.2 Å². The summed E-state index contributed by atoms with van der Waals surface area (Å²) in [5.74, 6) is -1.000. The van der Waals surface area contributed by atoms with Gasteiger partial charge in [-0.1, -0.05) is 13.8 Å². The Morgan fingerprint density at radius 1 is 1.30 bits per heavy atom. The molecule has 2 atom stereocenters. The van der Waals surface area contributed by atoms with Crippen molar-refractivity contribution in [2.75, 3.05) is 0 Å². The van der Waals surface area contributed by atoms with Gasteiger partial charge < -0.3 is 0 Å². The standard InChI is InChI=1S/C8H10F2/c1-5-3-7(9)4-8(10)6(5)2/h3-6H,1-2H3. The van der Waals surface area contributed by atoms with Crippen LogP contribution in [0.1, 0.15) is 13.8 Å². The van der Waals surface area contributed by atoms with Gasteiger partial charge in [0.05, 0.1) is 0 Å². The molecule has 0 amide bonds. The lowest BCUT2D eigenvalue weighted by molar-refractivity contribution is 0.402. The molecule has 0 spiro atoms. The van der Waals surface area contributed by atoms with Crippen LogP contribution in [0, 0.1) is 11.8 Å². The third-order valence-corrected chi connectivity index (χ3v) is 1.92. The molecule has 0 saturated heterocycles. The second kappa shape index (κ2) is 2.52. The van der Waals surface area contributed by atoms with E-state index < -0.39 is 5.83 Å². The van der Waals surface area contributed by atoms with E-state index in [2.05, 4.69) is 0 Å². The van der Waals surface area contributed by atoms with Gasteiger partial charge in [-0.25, -0.2) is 8.78 Å². The molecule has 1 rings (SSSR count). The zero-order valence-corrected chi connectivity index (χ0v) is 6.07. The Morgan fingerprint density at radius 3 is 2.40 bits per heavy atom. The van der Waals surface area contributed by atoms with Gasteiger partial charge in [-0.05, 0) is 12.0 Å². The van der Waals surface area contributed by atoms with E-state index >= 15 is 0 Å². The van der Waals surface area contributed by atoms with Crippen molar-refractivity contribution in [3.63, 3.8) is 0 Å². The molecular weight excluding hydrogens is 134 g/mol. The highest BCUT2D eigenvalue weighted by Gasteiger charge is 2.19. The number of allylic oxidation sites excluding steroid dienone is 4. The van der Waals surface area contributed by atoms with Crippen LogP contribution < -0.4 is 0 Å². The molecular formula is C8H10F2. The third kappa shape index (κ3) is 1.25. The highest BCUT2D eigenvalue weighted by molar-refractivity contribution is 5.22. The van der Waals surface area contributed by atoms with Crippen molar-refractivity contribution >= 4 is 0 Å². The normalized spacial score (nSPS) is 33.2. The van der Waals surface area contributed by atoms with Crippen molar-refractivity contribution < 1.29 is 8.78 Å². The number of halogens is 2. The van der Waals surface area contributed by atoms with E-state index in [0.29, 0.717) is 0 Å². The molecule has 56 valence electrons. The minimum absolute atomic E-state index is 0.0231. The van der Waals surface area contributed by atoms with E-state index in [4.69, 9.17) is 0 Å². The second-order valence-electron chi connectivity index (χ2n) is 2.73. The summed E-state index contributed by atoms with van der Waals surface area (Å²) in [5, 5.41) is 0. The summed E-state index contributed by atoms with van der Waals surface area (Å²) in [6.07, 6.45) is 2.39. The average molecular weight is 144 g/mol. The van der Waals surface area contributed by atoms with Crippen molar-refractivity contribution in [1.29, 1.82) is 0 Å². The molecule has 0 aliphatic heterocycles. The largest absolute Gasteiger partial charge is 0.211 e. The van der Waals surface area contributed by atoms with E-state index in [9.17, 15) is 8.78 Å². The first-order valence-corrected chi connectivity index (χ1v) is 3.35. The first-order chi connectivity index (χ1) is 4.61. The zero-order valence-electron chi connectivity index (χ0n) is 6.07. The molecule has 0 aromatic rings. The van der Waals surface area contributed by atoms with Crippen molar-refractivity contribution in [2.45, 2.75) is 13.8 Å². The summed E-state index contributed by atoms with van der Waals surface area (Å²) in [6, 6.07) is 0. The maximum Gasteiger partial charge on any atom is 0.122 e. The minimum atomic E-state index is -0.455. The van der Waals surface area contributed by atoms with Crippen molar-refractivity contribution in [3.05, 3.63) is 23.8 Å². The van der Waals surface area contributed by atoms with Crippen LogP contribution >= 0.6 is 0 Å². The smallest absolute Gasteiger partial charge is 0.122 e. The molecule has 0 bridgehead atoms. The molecule has 0 saturated carbocycles. The van der Waals surface area contributed by atoms with Crippen LogP contribution in [0.2, 0.25) is 0 Å². The van der Waals surface area contributed by atoms with Crippen LogP contribution in [0.5, 0.6) is 0 Å². The molecule has 10 heavy (non-hydrogen) atoms. The lowest BCUT2D eigenvalue weighted by atomic mass is 9.90. The molecule has 0 radical (unpaired) electrons. The predicted octanol–water partition coefficient (Wildman–Crippen LogP) is 2.98. The SMILES string of the molecule is CC1C=C(F)C=C(F)C1C. The Hall–Kier alpha value is -0.660. The molecule has 0 N–H and O–H groups in total. The van der Waals surface area contributed by atoms with Gasteiger partial charge in [-0.2, -0.15) is 0 Å². The second-order valence-corrected chi connectivity index (χ2v) is 2.73. The van der Waals surface area contributed by atoms with Crippen molar-refractivity contribution in [1.82, 2.24) is 0 Å². The van der Waals surface area contributed by atoms with Crippen molar-refractivity contribution in [2.24, 2.45) is 11.8 Å². The van der Waals surface area contributed by atoms with Crippen LogP contribution in [0.4, 0.5) is 8.78 Å². The monoisotopic (exact) mass is 144 g/mol. The fourth-order valence-corrected chi connectivity index (χ4v) is 0.958. The van der Waals surface area contributed by atoms with Gasteiger partial charge in [0.25, 0.3) is 0 Å². The quantitative estimate of drug-likeness (QED) is 0.490. The molecule has 0 nitrogen and oxygen atoms in total. The van der Waals surface area contributed by atoms with Gasteiger partial charge in [-0.15, -0.1) is 0 Å². The maximum absolute atomic E-state index is 12.7. The van der Waals surface area contributed by atoms with Crippen LogP contribution in [0.15, 0.2) is 23.8 Å². The average Bonchev–Trinajstić information content (AvgIpc) is 1.82. The summed E-state index contributed by atoms with van der Waals surface area (Å²) in [7, 11) is 0. The fraction of sp³-hybridized carbons (Fsp3) is 0.500. The number of hydrogen-bond acceptors (Lipinski definition) is 0. The summed E-state index contributed by atoms with van der Waals surface area (Å²) in [5.41, 5.74) is 0. The molecule has 2 heteroatoms. The Kier molecular flexibility index (Phi) is 1.88. The molecule has 0 aromatic heterocycles. The Morgan fingerprint density at radius 2 is 1.90 bits per heavy atom. The number of rotatable bonds is 0. The van der Waals surface area contributed by atoms with Gasteiger partial charge in [0.1, 0.15) is 11.7 Å². The molecule has 0 aromatic carbocycles. The minimum Gasteiger partial charge on any atom is -0.211 e. The van der Waals surface area contributed by atoms with Crippen molar-refractivity contribution in [3.8, 4) is 0 Å². The van der Waals surface area contributed by atoms with E-state index in [1.165, 1.54) is 6.08 Å². The van der Waals surface area contributed by atoms with Gasteiger partial charge in [0, 0.05) is 12.0 Å². The van der Waals surface area contributed by atoms with E-state index in [0.717, 1.165) is 6.08 Å². The van der Waals surface area contributed by atoms with Gasteiger partial charge in [-0.3, -0.25) is 0 Å². The Bertz CT molecular complexity index is 191.